The molecule has 1 aromatic carbocycles. The van der Waals surface area contributed by atoms with Gasteiger partial charge in [-0.1, -0.05) is 25.1 Å². The average molecular weight is 562 g/mol. The maximum atomic E-state index is 13.3. The fourth-order valence-corrected chi connectivity index (χ4v) is 5.05. The van der Waals surface area contributed by atoms with Crippen molar-refractivity contribution in [3.05, 3.63) is 81.9 Å². The zero-order valence-corrected chi connectivity index (χ0v) is 22.6. The largest absolute Gasteiger partial charge is 0.480 e. The second-order valence-electron chi connectivity index (χ2n) is 10.1. The summed E-state index contributed by atoms with van der Waals surface area (Å²) in [4.78, 5) is 35.1. The van der Waals surface area contributed by atoms with Crippen molar-refractivity contribution in [2.45, 2.75) is 44.8 Å². The molecule has 12 heteroatoms. The third-order valence-corrected chi connectivity index (χ3v) is 7.24. The number of hydrogen-bond donors (Lipinski definition) is 0. The Kier molecular flexibility index (Phi) is 6.55. The molecule has 1 aliphatic rings. The van der Waals surface area contributed by atoms with Crippen molar-refractivity contribution >= 4 is 11.0 Å². The Morgan fingerprint density at radius 2 is 1.88 bits per heavy atom. The maximum Gasteiger partial charge on any atom is 0.434 e. The summed E-state index contributed by atoms with van der Waals surface area (Å²) in [5.41, 5.74) is 2.91. The molecule has 9 nitrogen and oxygen atoms in total. The van der Waals surface area contributed by atoms with Crippen LogP contribution < -0.4 is 10.3 Å². The van der Waals surface area contributed by atoms with Crippen LogP contribution in [0, 0.1) is 0 Å². The van der Waals surface area contributed by atoms with Crippen molar-refractivity contribution in [3.8, 4) is 28.7 Å². The van der Waals surface area contributed by atoms with Crippen molar-refractivity contribution in [1.29, 1.82) is 0 Å². The smallest absolute Gasteiger partial charge is 0.434 e. The zero-order valence-electron chi connectivity index (χ0n) is 22.6. The van der Waals surface area contributed by atoms with Gasteiger partial charge in [0, 0.05) is 42.4 Å². The molecule has 0 bridgehead atoms. The second-order valence-corrected chi connectivity index (χ2v) is 10.1. The minimum atomic E-state index is -4.53. The van der Waals surface area contributed by atoms with E-state index in [9.17, 15) is 18.0 Å². The number of ether oxygens (including phenoxy) is 1. The lowest BCUT2D eigenvalue weighted by molar-refractivity contribution is -0.140. The summed E-state index contributed by atoms with van der Waals surface area (Å²) in [6, 6.07) is 8.58. The zero-order chi connectivity index (χ0) is 28.9. The van der Waals surface area contributed by atoms with Gasteiger partial charge in [-0.05, 0) is 36.5 Å². The van der Waals surface area contributed by atoms with Crippen LogP contribution in [0.4, 0.5) is 13.2 Å². The number of pyridine rings is 1. The van der Waals surface area contributed by atoms with E-state index in [0.29, 0.717) is 40.3 Å². The molecule has 41 heavy (non-hydrogen) atoms. The van der Waals surface area contributed by atoms with E-state index in [4.69, 9.17) is 9.72 Å². The fourth-order valence-electron chi connectivity index (χ4n) is 5.05. The summed E-state index contributed by atoms with van der Waals surface area (Å²) in [5.74, 6) is 1.26. The molecule has 210 valence electrons. The first-order valence-corrected chi connectivity index (χ1v) is 13.2. The Morgan fingerprint density at radius 1 is 1.07 bits per heavy atom. The molecule has 1 fully saturated rings. The van der Waals surface area contributed by atoms with Gasteiger partial charge in [0.25, 0.3) is 5.56 Å². The summed E-state index contributed by atoms with van der Waals surface area (Å²) in [5, 5.41) is 0.678. The molecule has 0 saturated heterocycles. The lowest BCUT2D eigenvalue weighted by Gasteiger charge is -2.14. The highest BCUT2D eigenvalue weighted by molar-refractivity contribution is 5.78. The monoisotopic (exact) mass is 561 g/mol. The summed E-state index contributed by atoms with van der Waals surface area (Å²) in [7, 11) is 3.07. The van der Waals surface area contributed by atoms with Crippen molar-refractivity contribution < 1.29 is 17.9 Å². The molecule has 0 spiro atoms. The quantitative estimate of drug-likeness (QED) is 0.270. The van der Waals surface area contributed by atoms with Crippen molar-refractivity contribution in [1.82, 2.24) is 34.1 Å². The van der Waals surface area contributed by atoms with Gasteiger partial charge in [0.15, 0.2) is 11.5 Å². The predicted molar refractivity (Wildman–Crippen MR) is 145 cm³/mol. The number of alkyl halides is 3. The molecule has 1 saturated carbocycles. The normalized spacial score (nSPS) is 13.6. The molecule has 5 aromatic rings. The summed E-state index contributed by atoms with van der Waals surface area (Å²) in [6.07, 6.45) is 2.16. The Balaban J connectivity index is 1.42. The third-order valence-electron chi connectivity index (χ3n) is 7.24. The SMILES string of the molecule is CCc1cc(Cn2c(=O)ccc3cnc(-c4c(OC)ncnc4C4CC4)nc32)ccc1-c1nc(C(F)(F)F)cn1C. The molecule has 0 atom stereocenters. The van der Waals surface area contributed by atoms with Gasteiger partial charge in [0.1, 0.15) is 23.4 Å². The van der Waals surface area contributed by atoms with Gasteiger partial charge >= 0.3 is 6.18 Å². The second kappa shape index (κ2) is 10.1. The minimum Gasteiger partial charge on any atom is -0.480 e. The number of aromatic nitrogens is 7. The molecule has 1 aliphatic carbocycles. The van der Waals surface area contributed by atoms with Crippen molar-refractivity contribution in [3.63, 3.8) is 0 Å². The van der Waals surface area contributed by atoms with Gasteiger partial charge in [-0.25, -0.2) is 24.9 Å². The van der Waals surface area contributed by atoms with E-state index in [1.54, 1.807) is 36.0 Å². The number of rotatable bonds is 7. The highest BCUT2D eigenvalue weighted by atomic mass is 19.4. The number of benzene rings is 1. The van der Waals surface area contributed by atoms with E-state index in [2.05, 4.69) is 19.9 Å². The molecule has 4 aromatic heterocycles. The molecule has 0 unspecified atom stereocenters. The first kappa shape index (κ1) is 26.6. The highest BCUT2D eigenvalue weighted by Crippen LogP contribution is 2.44. The van der Waals surface area contributed by atoms with Crippen LogP contribution in [0.5, 0.6) is 5.88 Å². The van der Waals surface area contributed by atoms with Gasteiger partial charge in [0.2, 0.25) is 5.88 Å². The first-order chi connectivity index (χ1) is 19.7. The fraction of sp³-hybridized carbons (Fsp3) is 0.310. The third kappa shape index (κ3) is 4.94. The first-order valence-electron chi connectivity index (χ1n) is 13.2. The Bertz CT molecular complexity index is 1840. The lowest BCUT2D eigenvalue weighted by Crippen LogP contribution is -2.21. The van der Waals surface area contributed by atoms with Crippen molar-refractivity contribution in [2.75, 3.05) is 7.11 Å². The van der Waals surface area contributed by atoms with Crippen LogP contribution in [0.2, 0.25) is 0 Å². The van der Waals surface area contributed by atoms with Crippen LogP contribution >= 0.6 is 0 Å². The van der Waals surface area contributed by atoms with Gasteiger partial charge in [0.05, 0.1) is 19.3 Å². The van der Waals surface area contributed by atoms with Crippen LogP contribution in [0.15, 0.2) is 53.8 Å². The van der Waals surface area contributed by atoms with Gasteiger partial charge in [-0.2, -0.15) is 13.2 Å². The number of hydrogen-bond acceptors (Lipinski definition) is 7. The molecule has 0 amide bonds. The van der Waals surface area contributed by atoms with Gasteiger partial charge in [-0.3, -0.25) is 9.36 Å². The Labute approximate surface area is 232 Å². The van der Waals surface area contributed by atoms with Crippen LogP contribution in [0.3, 0.4) is 0 Å². The molecule has 6 rings (SSSR count). The van der Waals surface area contributed by atoms with Crippen molar-refractivity contribution in [2.24, 2.45) is 7.05 Å². The number of fused-ring (bicyclic) bond motifs is 1. The number of nitrogens with zero attached hydrogens (tertiary/aromatic N) is 7. The number of imidazole rings is 1. The van der Waals surface area contributed by atoms with Crippen LogP contribution in [0.1, 0.15) is 48.2 Å². The molecule has 4 heterocycles. The number of aryl methyl sites for hydroxylation is 2. The molecule has 0 N–H and O–H groups in total. The van der Waals surface area contributed by atoms with Crippen LogP contribution in [-0.4, -0.2) is 41.2 Å². The van der Waals surface area contributed by atoms with Crippen LogP contribution in [0.25, 0.3) is 33.8 Å². The maximum absolute atomic E-state index is 13.3. The van der Waals surface area contributed by atoms with Crippen LogP contribution in [-0.2, 0) is 26.2 Å². The summed E-state index contributed by atoms with van der Waals surface area (Å²) in [6.45, 7) is 2.12. The molecular formula is C29H26F3N7O2. The van der Waals surface area contributed by atoms with E-state index >= 15 is 0 Å². The van der Waals surface area contributed by atoms with E-state index < -0.39 is 11.9 Å². The molecule has 0 aliphatic heterocycles. The Morgan fingerprint density at radius 3 is 2.56 bits per heavy atom. The average Bonchev–Trinajstić information content (AvgIpc) is 3.74. The minimum absolute atomic E-state index is 0.201. The van der Waals surface area contributed by atoms with E-state index in [1.807, 2.05) is 13.0 Å². The number of methoxy groups -OCH3 is 1. The number of halogens is 3. The van der Waals surface area contributed by atoms with E-state index in [1.165, 1.54) is 24.1 Å². The van der Waals surface area contributed by atoms with E-state index in [-0.39, 0.29) is 23.8 Å². The van der Waals surface area contributed by atoms with E-state index in [0.717, 1.165) is 35.9 Å². The van der Waals surface area contributed by atoms with Gasteiger partial charge < -0.3 is 9.30 Å². The lowest BCUT2D eigenvalue weighted by atomic mass is 10.0. The molecular weight excluding hydrogens is 535 g/mol. The predicted octanol–water partition coefficient (Wildman–Crippen LogP) is 5.16. The topological polar surface area (TPSA) is 101 Å². The van der Waals surface area contributed by atoms with Gasteiger partial charge in [-0.15, -0.1) is 0 Å². The summed E-state index contributed by atoms with van der Waals surface area (Å²) >= 11 is 0. The summed E-state index contributed by atoms with van der Waals surface area (Å²) < 4.78 is 48.2. The molecule has 0 radical (unpaired) electrons. The standard InChI is InChI=1S/C29H26F3N7O2/c1-4-17-11-16(5-9-20(17)27-36-21(14-38(27)2)29(30,31)32)13-39-22(40)10-8-19-12-33-25(37-26(19)39)23-24(18-6-7-18)34-15-35-28(23)41-3/h5,8-12,14-15,18H,4,6-7,13H2,1-3H3. The Hall–Kier alpha value is -4.61. The highest BCUT2D eigenvalue weighted by Gasteiger charge is 2.35.